The fraction of sp³-hybridized carbons (Fsp3) is 0.571. The quantitative estimate of drug-likeness (QED) is 0.835. The Balaban J connectivity index is 1.66. The summed E-state index contributed by atoms with van der Waals surface area (Å²) in [5, 5.41) is 0. The molecule has 86 valence electrons. The number of hydrogen-bond donors (Lipinski definition) is 1. The van der Waals surface area contributed by atoms with Crippen LogP contribution in [0.15, 0.2) is 30.3 Å². The SMILES string of the molecule is NC[C@]12CC[C@H]1CN(Cc1ccccc1)C2. The highest BCUT2D eigenvalue weighted by molar-refractivity contribution is 5.15. The van der Waals surface area contributed by atoms with E-state index in [0.29, 0.717) is 5.41 Å². The molecule has 3 rings (SSSR count). The van der Waals surface area contributed by atoms with Crippen molar-refractivity contribution in [3.05, 3.63) is 35.9 Å². The number of nitrogens with two attached hydrogens (primary N) is 1. The van der Waals surface area contributed by atoms with E-state index in [1.54, 1.807) is 0 Å². The first-order chi connectivity index (χ1) is 7.82. The van der Waals surface area contributed by atoms with Gasteiger partial charge in [-0.2, -0.15) is 0 Å². The highest BCUT2D eigenvalue weighted by atomic mass is 15.2. The first-order valence-corrected chi connectivity index (χ1v) is 6.29. The number of fused-ring (bicyclic) bond motifs is 1. The largest absolute Gasteiger partial charge is 0.330 e. The number of nitrogens with zero attached hydrogens (tertiary/aromatic N) is 1. The molecule has 1 heterocycles. The van der Waals surface area contributed by atoms with Crippen molar-refractivity contribution in [3.63, 3.8) is 0 Å². The van der Waals surface area contributed by atoms with E-state index in [0.717, 1.165) is 19.0 Å². The highest BCUT2D eigenvalue weighted by Gasteiger charge is 2.51. The van der Waals surface area contributed by atoms with Crippen molar-refractivity contribution in [2.45, 2.75) is 19.4 Å². The molecule has 0 spiro atoms. The molecule has 2 nitrogen and oxygen atoms in total. The van der Waals surface area contributed by atoms with Crippen LogP contribution in [-0.2, 0) is 6.54 Å². The van der Waals surface area contributed by atoms with E-state index in [4.69, 9.17) is 5.73 Å². The van der Waals surface area contributed by atoms with E-state index < -0.39 is 0 Å². The lowest BCUT2D eigenvalue weighted by molar-refractivity contribution is 0.0945. The van der Waals surface area contributed by atoms with Gasteiger partial charge in [-0.05, 0) is 36.3 Å². The van der Waals surface area contributed by atoms with Gasteiger partial charge in [0.05, 0.1) is 0 Å². The zero-order valence-corrected chi connectivity index (χ0v) is 9.73. The van der Waals surface area contributed by atoms with Gasteiger partial charge >= 0.3 is 0 Å². The van der Waals surface area contributed by atoms with Gasteiger partial charge in [-0.1, -0.05) is 30.3 Å². The molecular weight excluding hydrogens is 196 g/mol. The molecule has 2 heteroatoms. The van der Waals surface area contributed by atoms with E-state index in [2.05, 4.69) is 35.2 Å². The number of rotatable bonds is 3. The Morgan fingerprint density at radius 2 is 2.12 bits per heavy atom. The zero-order chi connectivity index (χ0) is 11.0. The summed E-state index contributed by atoms with van der Waals surface area (Å²) in [5.41, 5.74) is 7.85. The highest BCUT2D eigenvalue weighted by Crippen LogP contribution is 2.51. The fourth-order valence-corrected chi connectivity index (χ4v) is 3.37. The monoisotopic (exact) mass is 216 g/mol. The smallest absolute Gasteiger partial charge is 0.0234 e. The topological polar surface area (TPSA) is 29.3 Å². The molecule has 2 aliphatic rings. The molecule has 0 bridgehead atoms. The first kappa shape index (κ1) is 10.3. The Bertz CT molecular complexity index is 358. The molecule has 0 radical (unpaired) electrons. The van der Waals surface area contributed by atoms with Gasteiger partial charge in [-0.3, -0.25) is 4.90 Å². The molecule has 0 aromatic heterocycles. The molecule has 1 saturated heterocycles. The van der Waals surface area contributed by atoms with Crippen LogP contribution in [0.25, 0.3) is 0 Å². The summed E-state index contributed by atoms with van der Waals surface area (Å²) >= 11 is 0. The van der Waals surface area contributed by atoms with Crippen LogP contribution < -0.4 is 5.73 Å². The minimum Gasteiger partial charge on any atom is -0.330 e. The summed E-state index contributed by atoms with van der Waals surface area (Å²) in [7, 11) is 0. The van der Waals surface area contributed by atoms with Crippen molar-refractivity contribution in [3.8, 4) is 0 Å². The maximum absolute atomic E-state index is 5.94. The Kier molecular flexibility index (Phi) is 2.49. The zero-order valence-electron chi connectivity index (χ0n) is 9.73. The molecule has 1 aliphatic heterocycles. The third-order valence-electron chi connectivity index (χ3n) is 4.53. The van der Waals surface area contributed by atoms with Gasteiger partial charge in [0, 0.05) is 19.6 Å². The molecule has 1 aliphatic carbocycles. The normalized spacial score (nSPS) is 33.4. The van der Waals surface area contributed by atoms with Crippen molar-refractivity contribution < 1.29 is 0 Å². The summed E-state index contributed by atoms with van der Waals surface area (Å²) in [6.07, 6.45) is 2.74. The average molecular weight is 216 g/mol. The average Bonchev–Trinajstić information content (AvgIpc) is 2.54. The molecule has 2 atom stereocenters. The predicted molar refractivity (Wildman–Crippen MR) is 65.9 cm³/mol. The second-order valence-corrected chi connectivity index (χ2v) is 5.46. The molecule has 1 saturated carbocycles. The minimum atomic E-state index is 0.481. The van der Waals surface area contributed by atoms with E-state index in [-0.39, 0.29) is 0 Å². The van der Waals surface area contributed by atoms with E-state index in [9.17, 15) is 0 Å². The van der Waals surface area contributed by atoms with E-state index >= 15 is 0 Å². The van der Waals surface area contributed by atoms with E-state index in [1.807, 2.05) is 0 Å². The van der Waals surface area contributed by atoms with Crippen LogP contribution in [0.5, 0.6) is 0 Å². The molecule has 2 N–H and O–H groups in total. The molecule has 1 aromatic rings. The van der Waals surface area contributed by atoms with Gasteiger partial charge in [-0.15, -0.1) is 0 Å². The van der Waals surface area contributed by atoms with Gasteiger partial charge in [0.2, 0.25) is 0 Å². The first-order valence-electron chi connectivity index (χ1n) is 6.29. The number of benzene rings is 1. The van der Waals surface area contributed by atoms with Crippen LogP contribution in [0.1, 0.15) is 18.4 Å². The van der Waals surface area contributed by atoms with E-state index in [1.165, 1.54) is 31.5 Å². The van der Waals surface area contributed by atoms with Gasteiger partial charge < -0.3 is 5.73 Å². The summed E-state index contributed by atoms with van der Waals surface area (Å²) in [6.45, 7) is 4.44. The Hall–Kier alpha value is -0.860. The molecule has 16 heavy (non-hydrogen) atoms. The van der Waals surface area contributed by atoms with Crippen molar-refractivity contribution in [1.82, 2.24) is 4.90 Å². The predicted octanol–water partition coefficient (Wildman–Crippen LogP) is 1.86. The molecular formula is C14H20N2. The van der Waals surface area contributed by atoms with Crippen LogP contribution in [0.3, 0.4) is 0 Å². The Morgan fingerprint density at radius 3 is 2.69 bits per heavy atom. The molecule has 0 unspecified atom stereocenters. The second-order valence-electron chi connectivity index (χ2n) is 5.46. The van der Waals surface area contributed by atoms with Crippen molar-refractivity contribution in [1.29, 1.82) is 0 Å². The van der Waals surface area contributed by atoms with Crippen LogP contribution in [0.4, 0.5) is 0 Å². The third-order valence-corrected chi connectivity index (χ3v) is 4.53. The maximum atomic E-state index is 5.94. The van der Waals surface area contributed by atoms with Gasteiger partial charge in [0.1, 0.15) is 0 Å². The maximum Gasteiger partial charge on any atom is 0.0234 e. The molecule has 0 amide bonds. The second kappa shape index (κ2) is 3.86. The van der Waals surface area contributed by atoms with Gasteiger partial charge in [0.15, 0.2) is 0 Å². The minimum absolute atomic E-state index is 0.481. The van der Waals surface area contributed by atoms with Crippen molar-refractivity contribution in [2.24, 2.45) is 17.1 Å². The lowest BCUT2D eigenvalue weighted by Gasteiger charge is -2.43. The lowest BCUT2D eigenvalue weighted by atomic mass is 9.62. The van der Waals surface area contributed by atoms with Gasteiger partial charge in [0.25, 0.3) is 0 Å². The third kappa shape index (κ3) is 1.57. The van der Waals surface area contributed by atoms with Gasteiger partial charge in [-0.25, -0.2) is 0 Å². The van der Waals surface area contributed by atoms with Crippen molar-refractivity contribution >= 4 is 0 Å². The molecule has 2 fully saturated rings. The summed E-state index contributed by atoms with van der Waals surface area (Å²) in [6, 6.07) is 10.8. The lowest BCUT2D eigenvalue weighted by Crippen LogP contribution is -2.45. The summed E-state index contributed by atoms with van der Waals surface area (Å²) in [4.78, 5) is 2.58. The van der Waals surface area contributed by atoms with Crippen LogP contribution in [-0.4, -0.2) is 24.5 Å². The van der Waals surface area contributed by atoms with Crippen molar-refractivity contribution in [2.75, 3.05) is 19.6 Å². The Labute approximate surface area is 97.4 Å². The number of likely N-dealkylation sites (tertiary alicyclic amines) is 1. The molecule has 1 aromatic carbocycles. The summed E-state index contributed by atoms with van der Waals surface area (Å²) in [5.74, 6) is 0.876. The van der Waals surface area contributed by atoms with Crippen LogP contribution in [0.2, 0.25) is 0 Å². The number of hydrogen-bond acceptors (Lipinski definition) is 2. The van der Waals surface area contributed by atoms with Crippen LogP contribution >= 0.6 is 0 Å². The fourth-order valence-electron chi connectivity index (χ4n) is 3.37. The van der Waals surface area contributed by atoms with Crippen LogP contribution in [0, 0.1) is 11.3 Å². The standard InChI is InChI=1S/C14H20N2/c15-10-14-7-6-13(14)9-16(11-14)8-12-4-2-1-3-5-12/h1-5,13H,6-11,15H2/t13-,14-/m0/s1. The summed E-state index contributed by atoms with van der Waals surface area (Å²) < 4.78 is 0. The Morgan fingerprint density at radius 1 is 1.31 bits per heavy atom.